The van der Waals surface area contributed by atoms with Crippen molar-refractivity contribution in [2.75, 3.05) is 6.61 Å². The maximum Gasteiger partial charge on any atom is 0.315 e. The lowest BCUT2D eigenvalue weighted by molar-refractivity contribution is -0.284. The summed E-state index contributed by atoms with van der Waals surface area (Å²) in [7, 11) is 0. The standard InChI is InChI=1S/C17H24N2O4/c1-17(2)22-10-14(15(23-17)11-6-4-3-5-7-11)19-16(21)18-12-8-13(20)9-12/h3-7,12-15,20H,8-10H2,1-2H3,(H2,18,19,21)/t12?,13?,14-,15-/m1/s1. The van der Waals surface area contributed by atoms with E-state index in [2.05, 4.69) is 10.6 Å². The van der Waals surface area contributed by atoms with Crippen LogP contribution in [0.4, 0.5) is 4.79 Å². The summed E-state index contributed by atoms with van der Waals surface area (Å²) in [6.45, 7) is 4.12. The molecule has 2 fully saturated rings. The average molecular weight is 320 g/mol. The lowest BCUT2D eigenvalue weighted by atomic mass is 9.90. The minimum atomic E-state index is -0.687. The first-order valence-electron chi connectivity index (χ1n) is 8.05. The smallest absolute Gasteiger partial charge is 0.315 e. The highest BCUT2D eigenvalue weighted by atomic mass is 16.7. The summed E-state index contributed by atoms with van der Waals surface area (Å²) in [6, 6.07) is 9.35. The molecule has 0 bridgehead atoms. The van der Waals surface area contributed by atoms with Crippen LogP contribution in [-0.2, 0) is 9.47 Å². The first-order valence-corrected chi connectivity index (χ1v) is 8.05. The van der Waals surface area contributed by atoms with Crippen molar-refractivity contribution < 1.29 is 19.4 Å². The van der Waals surface area contributed by atoms with Crippen LogP contribution < -0.4 is 10.6 Å². The number of aliphatic hydroxyl groups excluding tert-OH is 1. The minimum Gasteiger partial charge on any atom is -0.393 e. The Morgan fingerprint density at radius 1 is 1.22 bits per heavy atom. The Morgan fingerprint density at radius 2 is 1.91 bits per heavy atom. The molecule has 1 aliphatic heterocycles. The Kier molecular flexibility index (Phi) is 4.57. The average Bonchev–Trinajstić information content (AvgIpc) is 2.48. The number of rotatable bonds is 3. The van der Waals surface area contributed by atoms with Gasteiger partial charge in [-0.15, -0.1) is 0 Å². The highest BCUT2D eigenvalue weighted by Crippen LogP contribution is 2.32. The van der Waals surface area contributed by atoms with Gasteiger partial charge in [0, 0.05) is 6.04 Å². The summed E-state index contributed by atoms with van der Waals surface area (Å²) in [5, 5.41) is 15.1. The number of ether oxygens (including phenoxy) is 2. The highest BCUT2D eigenvalue weighted by molar-refractivity contribution is 5.74. The van der Waals surface area contributed by atoms with Gasteiger partial charge in [-0.05, 0) is 32.3 Å². The van der Waals surface area contributed by atoms with Crippen molar-refractivity contribution in [2.45, 2.75) is 56.8 Å². The molecule has 2 amide bonds. The molecular formula is C17H24N2O4. The predicted octanol–water partition coefficient (Wildman–Crippen LogP) is 1.70. The Bertz CT molecular complexity index is 543. The number of hydrogen-bond acceptors (Lipinski definition) is 4. The quantitative estimate of drug-likeness (QED) is 0.792. The molecule has 2 atom stereocenters. The third-order valence-corrected chi connectivity index (χ3v) is 4.28. The number of nitrogens with one attached hydrogen (secondary N) is 2. The van der Waals surface area contributed by atoms with E-state index in [0.29, 0.717) is 19.4 Å². The van der Waals surface area contributed by atoms with Crippen LogP contribution in [-0.4, -0.2) is 41.7 Å². The molecule has 0 spiro atoms. The van der Waals surface area contributed by atoms with Crippen LogP contribution in [0.5, 0.6) is 0 Å². The molecule has 1 aliphatic carbocycles. The summed E-state index contributed by atoms with van der Waals surface area (Å²) in [5.74, 6) is -0.687. The van der Waals surface area contributed by atoms with Crippen LogP contribution in [0.2, 0.25) is 0 Å². The third-order valence-electron chi connectivity index (χ3n) is 4.28. The molecule has 1 aromatic carbocycles. The maximum absolute atomic E-state index is 12.1. The lowest BCUT2D eigenvalue weighted by Crippen LogP contribution is -2.57. The second-order valence-electron chi connectivity index (χ2n) is 6.71. The SMILES string of the molecule is CC1(C)OC[C@@H](NC(=O)NC2CC(O)C2)[C@@H](c2ccccc2)O1. The number of aliphatic hydroxyl groups is 1. The number of benzene rings is 1. The molecule has 1 heterocycles. The normalized spacial score (nSPS) is 32.7. The molecule has 2 aliphatic rings. The van der Waals surface area contributed by atoms with Crippen molar-refractivity contribution in [3.05, 3.63) is 35.9 Å². The van der Waals surface area contributed by atoms with Crippen LogP contribution in [0.3, 0.4) is 0 Å². The Morgan fingerprint density at radius 3 is 2.57 bits per heavy atom. The second kappa shape index (κ2) is 6.47. The number of hydrogen-bond donors (Lipinski definition) is 3. The zero-order chi connectivity index (χ0) is 16.4. The van der Waals surface area contributed by atoms with Gasteiger partial charge in [-0.3, -0.25) is 0 Å². The van der Waals surface area contributed by atoms with Crippen LogP contribution in [0.1, 0.15) is 38.4 Å². The summed E-state index contributed by atoms with van der Waals surface area (Å²) < 4.78 is 11.7. The second-order valence-corrected chi connectivity index (χ2v) is 6.71. The van der Waals surface area contributed by atoms with E-state index in [0.717, 1.165) is 5.56 Å². The van der Waals surface area contributed by atoms with Crippen LogP contribution in [0.25, 0.3) is 0 Å². The molecule has 1 saturated heterocycles. The molecule has 23 heavy (non-hydrogen) atoms. The monoisotopic (exact) mass is 320 g/mol. The van der Waals surface area contributed by atoms with Crippen molar-refractivity contribution in [2.24, 2.45) is 0 Å². The van der Waals surface area contributed by atoms with Gasteiger partial charge >= 0.3 is 6.03 Å². The van der Waals surface area contributed by atoms with Crippen molar-refractivity contribution in [3.8, 4) is 0 Å². The fourth-order valence-electron chi connectivity index (χ4n) is 2.96. The van der Waals surface area contributed by atoms with Crippen LogP contribution in [0.15, 0.2) is 30.3 Å². The van der Waals surface area contributed by atoms with Gasteiger partial charge in [0.1, 0.15) is 6.10 Å². The predicted molar refractivity (Wildman–Crippen MR) is 84.8 cm³/mol. The van der Waals surface area contributed by atoms with E-state index in [1.165, 1.54) is 0 Å². The van der Waals surface area contributed by atoms with E-state index < -0.39 is 5.79 Å². The first-order chi connectivity index (χ1) is 10.9. The lowest BCUT2D eigenvalue weighted by Gasteiger charge is -2.42. The molecular weight excluding hydrogens is 296 g/mol. The molecule has 6 nitrogen and oxygen atoms in total. The van der Waals surface area contributed by atoms with Gasteiger partial charge in [0.2, 0.25) is 0 Å². The van der Waals surface area contributed by atoms with Crippen molar-refractivity contribution in [1.82, 2.24) is 10.6 Å². The Balaban J connectivity index is 1.65. The van der Waals surface area contributed by atoms with E-state index in [1.54, 1.807) is 0 Å². The Labute approximate surface area is 136 Å². The van der Waals surface area contributed by atoms with E-state index in [9.17, 15) is 9.90 Å². The van der Waals surface area contributed by atoms with Gasteiger partial charge in [-0.2, -0.15) is 0 Å². The van der Waals surface area contributed by atoms with Crippen molar-refractivity contribution >= 4 is 6.03 Å². The van der Waals surface area contributed by atoms with Gasteiger partial charge < -0.3 is 25.2 Å². The largest absolute Gasteiger partial charge is 0.393 e. The number of amides is 2. The van der Waals surface area contributed by atoms with Gasteiger partial charge in [-0.1, -0.05) is 30.3 Å². The molecule has 3 N–H and O–H groups in total. The number of carbonyl (C=O) groups is 1. The summed E-state index contributed by atoms with van der Waals surface area (Å²) in [4.78, 5) is 12.1. The zero-order valence-electron chi connectivity index (χ0n) is 13.5. The molecule has 3 rings (SSSR count). The maximum atomic E-state index is 12.1. The van der Waals surface area contributed by atoms with Crippen molar-refractivity contribution in [3.63, 3.8) is 0 Å². The highest BCUT2D eigenvalue weighted by Gasteiger charge is 2.38. The van der Waals surface area contributed by atoms with E-state index >= 15 is 0 Å². The third kappa shape index (κ3) is 4.02. The number of carbonyl (C=O) groups excluding carboxylic acids is 1. The van der Waals surface area contributed by atoms with Gasteiger partial charge in [-0.25, -0.2) is 4.79 Å². The first kappa shape index (κ1) is 16.2. The number of urea groups is 1. The van der Waals surface area contributed by atoms with Gasteiger partial charge in [0.05, 0.1) is 18.8 Å². The van der Waals surface area contributed by atoms with Gasteiger partial charge in [0.25, 0.3) is 0 Å². The van der Waals surface area contributed by atoms with E-state index in [1.807, 2.05) is 44.2 Å². The zero-order valence-corrected chi connectivity index (χ0v) is 13.5. The van der Waals surface area contributed by atoms with E-state index in [4.69, 9.17) is 9.47 Å². The molecule has 0 radical (unpaired) electrons. The topological polar surface area (TPSA) is 79.8 Å². The summed E-state index contributed by atoms with van der Waals surface area (Å²) in [6.07, 6.45) is 0.665. The van der Waals surface area contributed by atoms with Gasteiger partial charge in [0.15, 0.2) is 5.79 Å². The molecule has 126 valence electrons. The van der Waals surface area contributed by atoms with Crippen molar-refractivity contribution in [1.29, 1.82) is 0 Å². The molecule has 0 unspecified atom stereocenters. The molecule has 1 aromatic rings. The summed E-state index contributed by atoms with van der Waals surface area (Å²) in [5.41, 5.74) is 1.01. The fourth-order valence-corrected chi connectivity index (χ4v) is 2.96. The molecule has 0 aromatic heterocycles. The minimum absolute atomic E-state index is 0.0436. The van der Waals surface area contributed by atoms with Crippen LogP contribution >= 0.6 is 0 Å². The Hall–Kier alpha value is -1.63. The fraction of sp³-hybridized carbons (Fsp3) is 0.588. The molecule has 6 heteroatoms. The van der Waals surface area contributed by atoms with Crippen LogP contribution in [0, 0.1) is 0 Å². The van der Waals surface area contributed by atoms with E-state index in [-0.39, 0.29) is 30.3 Å². The molecule has 1 saturated carbocycles. The summed E-state index contributed by atoms with van der Waals surface area (Å²) >= 11 is 0.